The zero-order valence-electron chi connectivity index (χ0n) is 28.9. The fourth-order valence-electron chi connectivity index (χ4n) is 8.88. The van der Waals surface area contributed by atoms with Crippen LogP contribution in [0.25, 0.3) is 93.7 Å². The van der Waals surface area contributed by atoms with E-state index in [9.17, 15) is 0 Å². The molecule has 0 N–H and O–H groups in total. The van der Waals surface area contributed by atoms with Crippen LogP contribution in [0.2, 0.25) is 0 Å². The predicted octanol–water partition coefficient (Wildman–Crippen LogP) is 12.7. The molecule has 3 heteroatoms. The first-order chi connectivity index (χ1) is 25.5. The fourth-order valence-corrected chi connectivity index (χ4v) is 8.88. The molecule has 8 aromatic carbocycles. The molecule has 0 bridgehead atoms. The third-order valence-corrected chi connectivity index (χ3v) is 11.3. The largest absolute Gasteiger partial charge is 0.309 e. The van der Waals surface area contributed by atoms with Gasteiger partial charge in [0.15, 0.2) is 5.82 Å². The molecule has 244 valence electrons. The fraction of sp³-hybridized carbons (Fsp3) is 0.0612. The van der Waals surface area contributed by atoms with Crippen molar-refractivity contribution in [2.45, 2.75) is 19.3 Å². The maximum Gasteiger partial charge on any atom is 0.160 e. The molecule has 1 aliphatic rings. The normalized spacial score (nSPS) is 13.3. The van der Waals surface area contributed by atoms with Crippen LogP contribution >= 0.6 is 0 Å². The number of aromatic nitrogens is 3. The summed E-state index contributed by atoms with van der Waals surface area (Å²) in [5.74, 6) is 0.745. The van der Waals surface area contributed by atoms with Gasteiger partial charge in [-0.1, -0.05) is 147 Å². The second-order valence-corrected chi connectivity index (χ2v) is 14.6. The van der Waals surface area contributed by atoms with E-state index in [0.717, 1.165) is 34.0 Å². The summed E-state index contributed by atoms with van der Waals surface area (Å²) < 4.78 is 2.45. The highest BCUT2D eigenvalue weighted by Gasteiger charge is 2.40. The first kappa shape index (κ1) is 29.2. The number of para-hydroxylation sites is 1. The number of benzene rings is 8. The number of rotatable bonds is 3. The van der Waals surface area contributed by atoms with Gasteiger partial charge in [0.2, 0.25) is 0 Å². The van der Waals surface area contributed by atoms with E-state index in [1.165, 1.54) is 70.8 Å². The van der Waals surface area contributed by atoms with E-state index in [-0.39, 0.29) is 5.41 Å². The Balaban J connectivity index is 1.21. The molecule has 3 nitrogen and oxygen atoms in total. The van der Waals surface area contributed by atoms with E-state index in [1.54, 1.807) is 0 Å². The minimum atomic E-state index is -0.281. The summed E-state index contributed by atoms with van der Waals surface area (Å²) >= 11 is 0. The quantitative estimate of drug-likeness (QED) is 0.188. The van der Waals surface area contributed by atoms with Crippen molar-refractivity contribution >= 4 is 54.1 Å². The molecule has 0 fully saturated rings. The summed E-state index contributed by atoms with van der Waals surface area (Å²) in [6.07, 6.45) is 0. The van der Waals surface area contributed by atoms with Gasteiger partial charge in [-0.3, -0.25) is 0 Å². The molecule has 10 aromatic rings. The van der Waals surface area contributed by atoms with Crippen molar-refractivity contribution in [2.24, 2.45) is 0 Å². The van der Waals surface area contributed by atoms with Crippen molar-refractivity contribution in [3.8, 4) is 39.6 Å². The Labute approximate surface area is 301 Å². The van der Waals surface area contributed by atoms with Gasteiger partial charge in [0.05, 0.1) is 28.1 Å². The molecule has 1 aliphatic carbocycles. The monoisotopic (exact) mass is 663 g/mol. The van der Waals surface area contributed by atoms with Gasteiger partial charge in [-0.25, -0.2) is 9.97 Å². The zero-order chi connectivity index (χ0) is 34.6. The van der Waals surface area contributed by atoms with Crippen LogP contribution in [0.5, 0.6) is 0 Å². The Morgan fingerprint density at radius 2 is 1.06 bits per heavy atom. The molecule has 0 saturated carbocycles. The maximum absolute atomic E-state index is 5.53. The van der Waals surface area contributed by atoms with E-state index < -0.39 is 0 Å². The first-order valence-corrected chi connectivity index (χ1v) is 18.0. The zero-order valence-corrected chi connectivity index (χ0v) is 28.9. The van der Waals surface area contributed by atoms with Crippen molar-refractivity contribution < 1.29 is 0 Å². The van der Waals surface area contributed by atoms with Crippen LogP contribution in [0.3, 0.4) is 0 Å². The third-order valence-electron chi connectivity index (χ3n) is 11.3. The summed E-state index contributed by atoms with van der Waals surface area (Å²) in [6.45, 7) is 4.64. The molecular weight excluding hydrogens is 631 g/mol. The summed E-state index contributed by atoms with van der Waals surface area (Å²) in [4.78, 5) is 10.9. The summed E-state index contributed by atoms with van der Waals surface area (Å²) in [5.41, 5.74) is 11.1. The molecule has 11 rings (SSSR count). The van der Waals surface area contributed by atoms with Crippen LogP contribution in [-0.4, -0.2) is 14.5 Å². The molecule has 0 unspecified atom stereocenters. The molecule has 52 heavy (non-hydrogen) atoms. The Morgan fingerprint density at radius 1 is 0.442 bits per heavy atom. The molecule has 0 radical (unpaired) electrons. The third kappa shape index (κ3) is 4.08. The average molecular weight is 664 g/mol. The van der Waals surface area contributed by atoms with Crippen LogP contribution in [0.1, 0.15) is 25.0 Å². The molecule has 0 saturated heterocycles. The molecular formula is C49H33N3. The highest BCUT2D eigenvalue weighted by Crippen LogP contribution is 2.52. The lowest BCUT2D eigenvalue weighted by Crippen LogP contribution is -2.17. The number of fused-ring (bicyclic) bond motifs is 9. The molecule has 2 aromatic heterocycles. The van der Waals surface area contributed by atoms with E-state index in [2.05, 4.69) is 182 Å². The van der Waals surface area contributed by atoms with Crippen LogP contribution < -0.4 is 0 Å². The van der Waals surface area contributed by atoms with Gasteiger partial charge in [0, 0.05) is 43.8 Å². The topological polar surface area (TPSA) is 30.7 Å². The van der Waals surface area contributed by atoms with Gasteiger partial charge in [0.1, 0.15) is 0 Å². The Hall–Kier alpha value is -6.58. The molecule has 0 aliphatic heterocycles. The first-order valence-electron chi connectivity index (χ1n) is 18.0. The van der Waals surface area contributed by atoms with Crippen molar-refractivity contribution in [2.75, 3.05) is 0 Å². The lowest BCUT2D eigenvalue weighted by atomic mass is 9.80. The standard InChI is InChI=1S/C49H33N3/c1-49(2)41-22-9-7-18-39(41)47-45(49)46(50-48(51-47)34-26-25-30-13-3-4-14-31(30)27-34)38-21-11-20-36-35(38)19-12-24-43(36)52-42-23-10-8-17-37(42)40-28-32-15-5-6-16-33(32)29-44(40)52/h3-29H,1-2H3. The van der Waals surface area contributed by atoms with Crippen molar-refractivity contribution in [1.29, 1.82) is 0 Å². The van der Waals surface area contributed by atoms with Crippen molar-refractivity contribution in [3.63, 3.8) is 0 Å². The van der Waals surface area contributed by atoms with E-state index in [1.807, 2.05) is 0 Å². The summed E-state index contributed by atoms with van der Waals surface area (Å²) in [6, 6.07) is 59.4. The smallest absolute Gasteiger partial charge is 0.160 e. The SMILES string of the molecule is CC1(C)c2ccccc2-c2nc(-c3ccc4ccccc4c3)nc(-c3cccc4c(-n5c6ccccc6c6cc7ccccc7cc65)cccc34)c21. The van der Waals surface area contributed by atoms with Crippen LogP contribution in [-0.2, 0) is 5.41 Å². The Morgan fingerprint density at radius 3 is 1.90 bits per heavy atom. The summed E-state index contributed by atoms with van der Waals surface area (Å²) in [5, 5.41) is 9.74. The van der Waals surface area contributed by atoms with Gasteiger partial charge < -0.3 is 4.57 Å². The van der Waals surface area contributed by atoms with Crippen molar-refractivity contribution in [1.82, 2.24) is 14.5 Å². The highest BCUT2D eigenvalue weighted by atomic mass is 15.0. The summed E-state index contributed by atoms with van der Waals surface area (Å²) in [7, 11) is 0. The molecule has 0 spiro atoms. The van der Waals surface area contributed by atoms with E-state index >= 15 is 0 Å². The van der Waals surface area contributed by atoms with Gasteiger partial charge in [-0.15, -0.1) is 0 Å². The second kappa shape index (κ2) is 10.7. The van der Waals surface area contributed by atoms with E-state index in [0.29, 0.717) is 0 Å². The van der Waals surface area contributed by atoms with Gasteiger partial charge in [-0.05, 0) is 62.8 Å². The number of hydrogen-bond acceptors (Lipinski definition) is 2. The van der Waals surface area contributed by atoms with Crippen LogP contribution in [0, 0.1) is 0 Å². The lowest BCUT2D eigenvalue weighted by Gasteiger charge is -2.24. The van der Waals surface area contributed by atoms with Gasteiger partial charge in [-0.2, -0.15) is 0 Å². The van der Waals surface area contributed by atoms with E-state index in [4.69, 9.17) is 9.97 Å². The Bertz CT molecular complexity index is 3110. The lowest BCUT2D eigenvalue weighted by molar-refractivity contribution is 0.658. The number of hydrogen-bond donors (Lipinski definition) is 0. The highest BCUT2D eigenvalue weighted by molar-refractivity contribution is 6.15. The van der Waals surface area contributed by atoms with Crippen LogP contribution in [0.4, 0.5) is 0 Å². The minimum absolute atomic E-state index is 0.281. The van der Waals surface area contributed by atoms with Crippen LogP contribution in [0.15, 0.2) is 164 Å². The average Bonchev–Trinajstić information content (AvgIpc) is 3.63. The molecule has 0 amide bonds. The van der Waals surface area contributed by atoms with Gasteiger partial charge >= 0.3 is 0 Å². The minimum Gasteiger partial charge on any atom is -0.309 e. The maximum atomic E-state index is 5.53. The van der Waals surface area contributed by atoms with Crippen molar-refractivity contribution in [3.05, 3.63) is 175 Å². The second-order valence-electron chi connectivity index (χ2n) is 14.6. The van der Waals surface area contributed by atoms with Gasteiger partial charge in [0.25, 0.3) is 0 Å². The predicted molar refractivity (Wildman–Crippen MR) is 217 cm³/mol. The molecule has 0 atom stereocenters. The Kier molecular flexibility index (Phi) is 6.01. The number of nitrogens with zero attached hydrogens (tertiary/aromatic N) is 3. The molecule has 2 heterocycles.